The van der Waals surface area contributed by atoms with Gasteiger partial charge in [-0.15, -0.1) is 22.7 Å². The molecular formula is C120H178BrF2NO6S2. The zero-order chi connectivity index (χ0) is 99.9. The molecule has 7 nitrogen and oxygen atoms in total. The molecule has 0 amide bonds. The van der Waals surface area contributed by atoms with Gasteiger partial charge in [-0.05, 0) is 276 Å². The van der Waals surface area contributed by atoms with E-state index in [9.17, 15) is 8.78 Å². The van der Waals surface area contributed by atoms with Crippen LogP contribution in [0.5, 0.6) is 11.5 Å². The molecule has 0 aliphatic heterocycles. The Bertz CT molecular complexity index is 4530. The average Bonchev–Trinajstić information content (AvgIpc) is 1.84. The number of hydrogen-bond donors (Lipinski definition) is 0. The molecule has 132 heavy (non-hydrogen) atoms. The van der Waals surface area contributed by atoms with E-state index in [0.29, 0.717) is 76.9 Å². The lowest BCUT2D eigenvalue weighted by atomic mass is 9.99. The van der Waals surface area contributed by atoms with E-state index < -0.39 is 6.61 Å². The molecule has 0 radical (unpaired) electrons. The maximum Gasteiger partial charge on any atom is 0.387 e. The van der Waals surface area contributed by atoms with E-state index in [-0.39, 0.29) is 14.6 Å². The maximum absolute atomic E-state index is 11.8. The molecule has 0 aliphatic carbocycles. The Kier molecular flexibility index (Phi) is 65.2. The summed E-state index contributed by atoms with van der Waals surface area (Å²) in [5, 5.41) is 5.57. The van der Waals surface area contributed by atoms with E-state index in [1.807, 2.05) is 146 Å². The number of thiophene rings is 1. The average molecular weight is 1910 g/mol. The van der Waals surface area contributed by atoms with Crippen molar-refractivity contribution in [1.29, 1.82) is 0 Å². The Morgan fingerprint density at radius 1 is 0.295 bits per heavy atom. The van der Waals surface area contributed by atoms with Crippen LogP contribution in [0.2, 0.25) is 0 Å². The van der Waals surface area contributed by atoms with Crippen molar-refractivity contribution in [2.75, 3.05) is 7.11 Å². The van der Waals surface area contributed by atoms with Crippen molar-refractivity contribution in [2.24, 2.45) is 0 Å². The molecule has 13 rings (SSSR count). The molecule has 732 valence electrons. The Hall–Kier alpha value is -9.07. The second-order valence-electron chi connectivity index (χ2n) is 37.0. The van der Waals surface area contributed by atoms with Crippen LogP contribution >= 0.6 is 38.6 Å². The van der Waals surface area contributed by atoms with E-state index in [0.717, 1.165) is 63.1 Å². The van der Waals surface area contributed by atoms with Crippen molar-refractivity contribution in [3.05, 3.63) is 368 Å². The highest BCUT2D eigenvalue weighted by molar-refractivity contribution is 9.10. The van der Waals surface area contributed by atoms with Gasteiger partial charge in [-0.1, -0.05) is 361 Å². The summed E-state index contributed by atoms with van der Waals surface area (Å²) in [5.74, 6) is 16.9. The summed E-state index contributed by atoms with van der Waals surface area (Å²) < 4.78 is 55.6. The van der Waals surface area contributed by atoms with Gasteiger partial charge in [0.1, 0.15) is 57.6 Å². The first-order valence-electron chi connectivity index (χ1n) is 47.4. The van der Waals surface area contributed by atoms with Crippen LogP contribution in [0.1, 0.15) is 414 Å². The van der Waals surface area contributed by atoms with E-state index >= 15 is 0 Å². The first kappa shape index (κ1) is 125. The van der Waals surface area contributed by atoms with Crippen molar-refractivity contribution in [3.8, 4) is 11.5 Å². The lowest BCUT2D eigenvalue weighted by Crippen LogP contribution is -2.02. The zero-order valence-electron chi connectivity index (χ0n) is 88.4. The first-order chi connectivity index (χ1) is 61.4. The minimum absolute atomic E-state index is 0. The number of rotatable bonds is 16. The lowest BCUT2D eigenvalue weighted by molar-refractivity contribution is -0.0499. The SMILES string of the molecule is C.CC.CC(C)c1cccc(Br)c1.CC(C)c1cccc(OC(F)F)c1.COc1cccc(C(C)C)c1.Cc1cc(C(C)C)cs1.Cc1ccc(C(C)C)cc1C.Cc1ccc(C(C)C)o1.Cc1ccc(C(C)C)o1.Cc1ccc(C(C)C)o1.Cc1ccc(C(C)C)o1.Cc1cccc(C(C)C)c1.Cc1cccc(C(C)C)c1.Cc1cccc(C(C)C)c1.Cc1csc(C(C)C)n1.[2HH]. The second kappa shape index (κ2) is 68.9. The quantitative estimate of drug-likeness (QED) is 0.0953. The summed E-state index contributed by atoms with van der Waals surface area (Å²) in [6, 6.07) is 74.4. The number of alkyl halides is 2. The third-order valence-corrected chi connectivity index (χ3v) is 22.9. The minimum atomic E-state index is -2.75. The molecule has 0 aliphatic rings. The molecule has 0 atom stereocenters. The van der Waals surface area contributed by atoms with Crippen LogP contribution in [0, 0.1) is 76.2 Å². The van der Waals surface area contributed by atoms with Gasteiger partial charge in [0.2, 0.25) is 0 Å². The van der Waals surface area contributed by atoms with Crippen LogP contribution in [0.3, 0.4) is 0 Å². The van der Waals surface area contributed by atoms with Gasteiger partial charge in [-0.25, -0.2) is 4.98 Å². The lowest BCUT2D eigenvalue weighted by Gasteiger charge is -2.08. The normalized spacial score (nSPS) is 10.4. The molecule has 0 fully saturated rings. The molecule has 13 aromatic rings. The van der Waals surface area contributed by atoms with Crippen LogP contribution < -0.4 is 9.47 Å². The number of thiazole rings is 1. The predicted molar refractivity (Wildman–Crippen MR) is 583 cm³/mol. The number of benzene rings is 7. The van der Waals surface area contributed by atoms with Gasteiger partial charge < -0.3 is 27.1 Å². The van der Waals surface area contributed by atoms with Crippen molar-refractivity contribution >= 4 is 38.6 Å². The topological polar surface area (TPSA) is 83.9 Å². The molecule has 12 heteroatoms. The Labute approximate surface area is 822 Å². The van der Waals surface area contributed by atoms with Crippen LogP contribution in [-0.2, 0) is 0 Å². The number of hydrogen-bond acceptors (Lipinski definition) is 9. The third-order valence-electron chi connectivity index (χ3n) is 20.2. The molecule has 7 aromatic carbocycles. The monoisotopic (exact) mass is 1910 g/mol. The highest BCUT2D eigenvalue weighted by Gasteiger charge is 2.10. The summed E-state index contributed by atoms with van der Waals surface area (Å²) >= 11 is 7.01. The van der Waals surface area contributed by atoms with Crippen molar-refractivity contribution in [1.82, 2.24) is 4.98 Å². The van der Waals surface area contributed by atoms with Crippen LogP contribution in [0.4, 0.5) is 8.78 Å². The number of aromatic nitrogens is 1. The van der Waals surface area contributed by atoms with Gasteiger partial charge in [0.15, 0.2) is 0 Å². The maximum atomic E-state index is 11.8. The fraction of sp³-hybridized carbons (Fsp3) is 0.458. The molecule has 0 unspecified atom stereocenters. The van der Waals surface area contributed by atoms with Crippen LogP contribution in [0.15, 0.2) is 251 Å². The van der Waals surface area contributed by atoms with E-state index in [4.69, 9.17) is 22.4 Å². The molecule has 0 spiro atoms. The highest BCUT2D eigenvalue weighted by Crippen LogP contribution is 2.28. The summed E-state index contributed by atoms with van der Waals surface area (Å²) in [6.07, 6.45) is 0. The van der Waals surface area contributed by atoms with Gasteiger partial charge in [0.05, 0.1) is 12.1 Å². The number of nitrogens with zero attached hydrogens (tertiary/aromatic N) is 1. The second-order valence-corrected chi connectivity index (χ2v) is 39.9. The number of halogens is 3. The van der Waals surface area contributed by atoms with Gasteiger partial charge in [0.25, 0.3) is 0 Å². The number of furan rings is 4. The number of methoxy groups -OCH3 is 1. The van der Waals surface area contributed by atoms with Gasteiger partial charge >= 0.3 is 6.61 Å². The molecule has 6 heterocycles. The van der Waals surface area contributed by atoms with Gasteiger partial charge in [0, 0.05) is 51.4 Å². The van der Waals surface area contributed by atoms with Crippen molar-refractivity contribution in [2.45, 2.75) is 361 Å². The van der Waals surface area contributed by atoms with E-state index in [2.05, 4.69) is 372 Å². The van der Waals surface area contributed by atoms with Gasteiger partial charge in [-0.2, -0.15) is 8.78 Å². The third kappa shape index (κ3) is 56.2. The molecular weight excluding hydrogens is 1730 g/mol. The smallest absolute Gasteiger partial charge is 0.387 e. The summed E-state index contributed by atoms with van der Waals surface area (Å²) in [7, 11) is 1.69. The molecule has 0 bridgehead atoms. The fourth-order valence-corrected chi connectivity index (χ4v) is 13.7. The van der Waals surface area contributed by atoms with Crippen LogP contribution in [0.25, 0.3) is 0 Å². The number of ether oxygens (including phenoxy) is 2. The first-order valence-corrected chi connectivity index (χ1v) is 49.9. The van der Waals surface area contributed by atoms with E-state index in [1.165, 1.54) is 87.2 Å². The number of aryl methyl sites for hydroxylation is 11. The van der Waals surface area contributed by atoms with E-state index in [1.54, 1.807) is 30.6 Å². The van der Waals surface area contributed by atoms with Crippen molar-refractivity contribution < 1.29 is 37.3 Å². The molecule has 0 N–H and O–H groups in total. The highest BCUT2D eigenvalue weighted by atomic mass is 79.9. The molecule has 0 saturated heterocycles. The summed E-state index contributed by atoms with van der Waals surface area (Å²) in [6.45, 7) is 80.3. The van der Waals surface area contributed by atoms with Crippen LogP contribution in [-0.4, -0.2) is 18.7 Å². The predicted octanol–water partition coefficient (Wildman–Crippen LogP) is 41.1. The minimum Gasteiger partial charge on any atom is -0.497 e. The summed E-state index contributed by atoms with van der Waals surface area (Å²) in [5.41, 5.74) is 18.9. The largest absolute Gasteiger partial charge is 0.497 e. The Morgan fingerprint density at radius 3 is 0.795 bits per heavy atom. The van der Waals surface area contributed by atoms with Crippen molar-refractivity contribution in [3.63, 3.8) is 0 Å². The van der Waals surface area contributed by atoms with Gasteiger partial charge in [-0.3, -0.25) is 0 Å². The molecule has 0 saturated carbocycles. The zero-order valence-corrected chi connectivity index (χ0v) is 91.6. The molecule has 6 aromatic heterocycles. The standard InChI is InChI=1S/C11H16.C10H12F2O.C10H14O.3C10H14.C9H11Br.4C8H12O.C8H12S.C7H11NS.C2H6.CH4.H2/c1-8(2)11-6-5-9(3)10(4)7-11;1-7(2)8-4-3-5-9(6-8)13-10(11)12;1-8(2)9-5-4-6-10(7-9)11-3;3*1-8(2)10-6-4-5-9(3)7-10;1-7(2)8-4-3-5-9(10)6-8;4*1-6(2)8-5-4-7(3)9-8;1-6(2)8-4-7(3)9-5-8;1-5(2)7-8-6(3)4-9-7;1-2;;/h5-8H,1-4H3;3-7,10H,1-2H3;4-8H,1-3H3;3*4-8H,1-3H3;3-7H,1-2H3;5*4-6H,1-3H3;4-5H,1-3H3;1-2H3;1H4;1H/i;;;;;;;;;;;;;;;1+1. The Morgan fingerprint density at radius 2 is 0.591 bits per heavy atom. The fourth-order valence-electron chi connectivity index (χ4n) is 11.6. The Balaban J connectivity index is -0.00000137. The summed E-state index contributed by atoms with van der Waals surface area (Å²) in [4.78, 5) is 5.74.